The Hall–Kier alpha value is -1.46. The van der Waals surface area contributed by atoms with E-state index >= 15 is 0 Å². The predicted octanol–water partition coefficient (Wildman–Crippen LogP) is 4.82. The Bertz CT molecular complexity index is 653. The van der Waals surface area contributed by atoms with Gasteiger partial charge in [-0.05, 0) is 43.2 Å². The monoisotopic (exact) mass is 378 g/mol. The zero-order chi connectivity index (χ0) is 15.9. The number of hydrogen-bond donors (Lipinski definition) is 1. The molecule has 0 aromatic heterocycles. The highest BCUT2D eigenvalue weighted by atomic mass is 79.9. The quantitative estimate of drug-likeness (QED) is 0.460. The number of hydrogen-bond acceptors (Lipinski definition) is 3. The molecule has 0 bridgehead atoms. The van der Waals surface area contributed by atoms with E-state index in [0.717, 1.165) is 32.8 Å². The molecule has 0 spiro atoms. The van der Waals surface area contributed by atoms with E-state index in [1.165, 1.54) is 11.8 Å². The van der Waals surface area contributed by atoms with Crippen LogP contribution in [0, 0.1) is 13.8 Å². The molecule has 22 heavy (non-hydrogen) atoms. The lowest BCUT2D eigenvalue weighted by Crippen LogP contribution is -2.10. The van der Waals surface area contributed by atoms with Gasteiger partial charge in [-0.1, -0.05) is 52.0 Å². The summed E-state index contributed by atoms with van der Waals surface area (Å²) in [6, 6.07) is 13.9. The number of benzene rings is 2. The van der Waals surface area contributed by atoms with Crippen LogP contribution in [0.1, 0.15) is 11.1 Å². The van der Waals surface area contributed by atoms with Gasteiger partial charge in [0.15, 0.2) is 5.17 Å². The highest BCUT2D eigenvalue weighted by Gasteiger charge is 2.02. The van der Waals surface area contributed by atoms with Crippen LogP contribution in [0.4, 0.5) is 5.69 Å². The second-order valence-electron chi connectivity index (χ2n) is 4.84. The fourth-order valence-electron chi connectivity index (χ4n) is 1.99. The van der Waals surface area contributed by atoms with Crippen LogP contribution in [0.15, 0.2) is 51.9 Å². The number of aryl methyl sites for hydroxylation is 2. The summed E-state index contributed by atoms with van der Waals surface area (Å²) in [4.78, 5) is 4.51. The average Bonchev–Trinajstić information content (AvgIpc) is 2.48. The van der Waals surface area contributed by atoms with Gasteiger partial charge in [0.05, 0.1) is 12.3 Å². The van der Waals surface area contributed by atoms with E-state index in [2.05, 4.69) is 20.9 Å². The molecule has 0 unspecified atom stereocenters. The van der Waals surface area contributed by atoms with Crippen molar-refractivity contribution >= 4 is 38.5 Å². The van der Waals surface area contributed by atoms with Crippen molar-refractivity contribution in [3.63, 3.8) is 0 Å². The van der Waals surface area contributed by atoms with Crippen molar-refractivity contribution in [2.75, 3.05) is 12.4 Å². The first-order valence-electron chi connectivity index (χ1n) is 6.98. The van der Waals surface area contributed by atoms with E-state index in [1.54, 1.807) is 0 Å². The minimum Gasteiger partial charge on any atom is -0.493 e. The van der Waals surface area contributed by atoms with Crippen LogP contribution in [-0.4, -0.2) is 17.5 Å². The third kappa shape index (κ3) is 5.07. The number of thioether (sulfide) groups is 1. The number of halogens is 1. The van der Waals surface area contributed by atoms with E-state index < -0.39 is 0 Å². The van der Waals surface area contributed by atoms with Gasteiger partial charge in [0.1, 0.15) is 5.75 Å². The predicted molar refractivity (Wildman–Crippen MR) is 99.3 cm³/mol. The topological polar surface area (TPSA) is 47.6 Å². The zero-order valence-electron chi connectivity index (χ0n) is 12.7. The highest BCUT2D eigenvalue weighted by molar-refractivity contribution is 9.10. The van der Waals surface area contributed by atoms with Crippen LogP contribution in [0.5, 0.6) is 5.75 Å². The van der Waals surface area contributed by atoms with Gasteiger partial charge in [-0.2, -0.15) is 0 Å². The smallest absolute Gasteiger partial charge is 0.159 e. The maximum atomic E-state index is 6.00. The van der Waals surface area contributed by atoms with Gasteiger partial charge in [0, 0.05) is 10.2 Å². The Morgan fingerprint density at radius 3 is 2.55 bits per heavy atom. The lowest BCUT2D eigenvalue weighted by molar-refractivity contribution is 0.344. The summed E-state index contributed by atoms with van der Waals surface area (Å²) >= 11 is 4.92. The van der Waals surface area contributed by atoms with Crippen LogP contribution in [0.25, 0.3) is 0 Å². The Balaban J connectivity index is 1.85. The summed E-state index contributed by atoms with van der Waals surface area (Å²) in [5, 5.41) is 0.565. The molecule has 0 amide bonds. The average molecular weight is 379 g/mol. The Labute approximate surface area is 144 Å². The largest absolute Gasteiger partial charge is 0.493 e. The van der Waals surface area contributed by atoms with E-state index in [4.69, 9.17) is 10.5 Å². The van der Waals surface area contributed by atoms with Crippen LogP contribution >= 0.6 is 27.7 Å². The molecule has 0 saturated carbocycles. The Kier molecular flexibility index (Phi) is 6.34. The van der Waals surface area contributed by atoms with Gasteiger partial charge in [-0.15, -0.1) is 0 Å². The van der Waals surface area contributed by atoms with Crippen molar-refractivity contribution in [2.45, 2.75) is 13.8 Å². The Morgan fingerprint density at radius 2 is 1.86 bits per heavy atom. The summed E-state index contributed by atoms with van der Waals surface area (Å²) in [5.74, 6) is 1.60. The fraction of sp³-hybridized carbons (Fsp3) is 0.235. The summed E-state index contributed by atoms with van der Waals surface area (Å²) in [6.45, 7) is 4.67. The molecule has 3 nitrogen and oxygen atoms in total. The number of rotatable bonds is 5. The minimum atomic E-state index is 0.565. The van der Waals surface area contributed by atoms with Gasteiger partial charge in [-0.3, -0.25) is 0 Å². The van der Waals surface area contributed by atoms with Crippen molar-refractivity contribution in [3.05, 3.63) is 58.1 Å². The minimum absolute atomic E-state index is 0.565. The third-order valence-corrected chi connectivity index (χ3v) is 4.31. The maximum absolute atomic E-state index is 6.00. The lowest BCUT2D eigenvalue weighted by atomic mass is 10.1. The molecule has 0 radical (unpaired) electrons. The molecule has 0 atom stereocenters. The summed E-state index contributed by atoms with van der Waals surface area (Å²) in [7, 11) is 0. The standard InChI is InChI=1S/C17H19BrN2OS/c1-12-5-3-6-13(2)16(12)20-17(19)22-10-9-21-15-8-4-7-14(18)11-15/h3-8,11H,9-10H2,1-2H3,(H2,19,20). The molecule has 0 aliphatic carbocycles. The summed E-state index contributed by atoms with van der Waals surface area (Å²) in [5.41, 5.74) is 9.22. The Morgan fingerprint density at radius 1 is 1.18 bits per heavy atom. The number of amidine groups is 1. The van der Waals surface area contributed by atoms with Gasteiger partial charge in [0.25, 0.3) is 0 Å². The van der Waals surface area contributed by atoms with E-state index in [1.807, 2.05) is 56.3 Å². The van der Waals surface area contributed by atoms with Crippen LogP contribution in [0.3, 0.4) is 0 Å². The molecule has 0 aliphatic rings. The number of nitrogens with zero attached hydrogens (tertiary/aromatic N) is 1. The molecule has 0 saturated heterocycles. The van der Waals surface area contributed by atoms with Gasteiger partial charge in [0.2, 0.25) is 0 Å². The highest BCUT2D eigenvalue weighted by Crippen LogP contribution is 2.24. The zero-order valence-corrected chi connectivity index (χ0v) is 15.1. The molecule has 5 heteroatoms. The first kappa shape index (κ1) is 16.9. The summed E-state index contributed by atoms with van der Waals surface area (Å²) in [6.07, 6.45) is 0. The molecule has 2 aromatic carbocycles. The van der Waals surface area contributed by atoms with Crippen LogP contribution < -0.4 is 10.5 Å². The van der Waals surface area contributed by atoms with E-state index in [0.29, 0.717) is 11.8 Å². The van der Waals surface area contributed by atoms with Gasteiger partial charge < -0.3 is 10.5 Å². The molecule has 0 fully saturated rings. The molecular formula is C17H19BrN2OS. The number of aliphatic imine (C=N–C) groups is 1. The van der Waals surface area contributed by atoms with Crippen molar-refractivity contribution in [1.29, 1.82) is 0 Å². The molecule has 116 valence electrons. The molecular weight excluding hydrogens is 360 g/mol. The van der Waals surface area contributed by atoms with E-state index in [9.17, 15) is 0 Å². The molecule has 2 aromatic rings. The van der Waals surface area contributed by atoms with Crippen molar-refractivity contribution in [1.82, 2.24) is 0 Å². The molecule has 2 rings (SSSR count). The molecule has 0 aliphatic heterocycles. The number of nitrogens with two attached hydrogens (primary N) is 1. The van der Waals surface area contributed by atoms with Crippen molar-refractivity contribution in [3.8, 4) is 5.75 Å². The van der Waals surface area contributed by atoms with E-state index in [-0.39, 0.29) is 0 Å². The van der Waals surface area contributed by atoms with Crippen LogP contribution in [-0.2, 0) is 0 Å². The van der Waals surface area contributed by atoms with Crippen molar-refractivity contribution < 1.29 is 4.74 Å². The van der Waals surface area contributed by atoms with Crippen molar-refractivity contribution in [2.24, 2.45) is 10.7 Å². The maximum Gasteiger partial charge on any atom is 0.159 e. The van der Waals surface area contributed by atoms with Gasteiger partial charge >= 0.3 is 0 Å². The molecule has 2 N–H and O–H groups in total. The second kappa shape index (κ2) is 8.25. The fourth-order valence-corrected chi connectivity index (χ4v) is 2.90. The van der Waals surface area contributed by atoms with Gasteiger partial charge in [-0.25, -0.2) is 4.99 Å². The van der Waals surface area contributed by atoms with Crippen LogP contribution in [0.2, 0.25) is 0 Å². The normalized spacial score (nSPS) is 11.5. The summed E-state index contributed by atoms with van der Waals surface area (Å²) < 4.78 is 6.68. The second-order valence-corrected chi connectivity index (χ2v) is 6.88. The lowest BCUT2D eigenvalue weighted by Gasteiger charge is -2.07. The molecule has 0 heterocycles. The first-order valence-corrected chi connectivity index (χ1v) is 8.75. The third-order valence-electron chi connectivity index (χ3n) is 3.06. The first-order chi connectivity index (χ1) is 10.6. The number of ether oxygens (including phenoxy) is 1. The number of para-hydroxylation sites is 1. The SMILES string of the molecule is Cc1cccc(C)c1N=C(N)SCCOc1cccc(Br)c1.